The molecule has 25 heavy (non-hydrogen) atoms. The number of hydrogen-bond acceptors (Lipinski definition) is 5. The van der Waals surface area contributed by atoms with Crippen molar-refractivity contribution in [3.05, 3.63) is 52.9 Å². The monoisotopic (exact) mass is 375 g/mol. The number of hydrogen-bond donors (Lipinski definition) is 2. The van der Waals surface area contributed by atoms with Gasteiger partial charge >= 0.3 is 0 Å². The molecule has 8 heteroatoms. The van der Waals surface area contributed by atoms with Gasteiger partial charge in [0.1, 0.15) is 11.5 Å². The largest absolute Gasteiger partial charge is 0.333 e. The van der Waals surface area contributed by atoms with Gasteiger partial charge < -0.3 is 15.2 Å². The standard InChI is InChI=1S/C17H17N5OS.ClH/c23-17(14-9-22-7-6-18-5-4-16(22)21-14)20-13-3-1-2-12(8-13)15-10-24-11-19-15;/h1-3,8-11,18H,4-7H2,(H,20,23);1H. The number of nitrogens with one attached hydrogen (secondary N) is 2. The molecule has 1 amide bonds. The van der Waals surface area contributed by atoms with Crippen LogP contribution in [0.25, 0.3) is 11.3 Å². The van der Waals surface area contributed by atoms with Gasteiger partial charge in [-0.15, -0.1) is 23.7 Å². The highest BCUT2D eigenvalue weighted by Crippen LogP contribution is 2.22. The van der Waals surface area contributed by atoms with E-state index in [2.05, 4.69) is 25.2 Å². The predicted molar refractivity (Wildman–Crippen MR) is 102 cm³/mol. The van der Waals surface area contributed by atoms with Crippen LogP contribution < -0.4 is 10.6 Å². The summed E-state index contributed by atoms with van der Waals surface area (Å²) in [4.78, 5) is 21.3. The fourth-order valence-electron chi connectivity index (χ4n) is 2.79. The molecule has 0 radical (unpaired) electrons. The summed E-state index contributed by atoms with van der Waals surface area (Å²) in [6.07, 6.45) is 2.68. The second-order valence-electron chi connectivity index (χ2n) is 5.64. The zero-order valence-electron chi connectivity index (χ0n) is 13.4. The van der Waals surface area contributed by atoms with Gasteiger partial charge in [0.15, 0.2) is 0 Å². The molecule has 0 atom stereocenters. The molecule has 0 fully saturated rings. The number of fused-ring (bicyclic) bond motifs is 1. The molecule has 3 heterocycles. The number of imidazole rings is 1. The van der Waals surface area contributed by atoms with E-state index in [9.17, 15) is 4.79 Å². The second-order valence-corrected chi connectivity index (χ2v) is 6.36. The summed E-state index contributed by atoms with van der Waals surface area (Å²) in [5, 5.41) is 8.24. The number of rotatable bonds is 3. The Labute approximate surface area is 155 Å². The van der Waals surface area contributed by atoms with Crippen molar-refractivity contribution in [3.8, 4) is 11.3 Å². The predicted octanol–water partition coefficient (Wildman–Crippen LogP) is 2.83. The number of aromatic nitrogens is 3. The lowest BCUT2D eigenvalue weighted by Gasteiger charge is -2.05. The summed E-state index contributed by atoms with van der Waals surface area (Å²) in [6, 6.07) is 7.70. The Kier molecular flexibility index (Phi) is 5.47. The van der Waals surface area contributed by atoms with Crippen LogP contribution in [0.15, 0.2) is 41.4 Å². The summed E-state index contributed by atoms with van der Waals surface area (Å²) in [7, 11) is 0. The van der Waals surface area contributed by atoms with Crippen molar-refractivity contribution in [1.29, 1.82) is 0 Å². The Morgan fingerprint density at radius 2 is 2.24 bits per heavy atom. The maximum atomic E-state index is 12.5. The van der Waals surface area contributed by atoms with Gasteiger partial charge in [0.2, 0.25) is 0 Å². The van der Waals surface area contributed by atoms with E-state index in [4.69, 9.17) is 0 Å². The van der Waals surface area contributed by atoms with E-state index >= 15 is 0 Å². The fraction of sp³-hybridized carbons (Fsp3) is 0.235. The number of halogens is 1. The van der Waals surface area contributed by atoms with Gasteiger partial charge in [-0.2, -0.15) is 0 Å². The molecule has 0 saturated carbocycles. The van der Waals surface area contributed by atoms with Crippen LogP contribution in [0.4, 0.5) is 5.69 Å². The first-order valence-electron chi connectivity index (χ1n) is 7.86. The normalized spacial score (nSPS) is 13.4. The number of benzene rings is 1. The summed E-state index contributed by atoms with van der Waals surface area (Å²) in [5.74, 6) is 0.778. The number of thiazole rings is 1. The molecule has 1 aromatic carbocycles. The number of anilines is 1. The maximum absolute atomic E-state index is 12.5. The smallest absolute Gasteiger partial charge is 0.275 e. The highest BCUT2D eigenvalue weighted by atomic mass is 35.5. The molecular formula is C17H18ClN5OS. The van der Waals surface area contributed by atoms with Gasteiger partial charge in [0.05, 0.1) is 11.2 Å². The van der Waals surface area contributed by atoms with Crippen molar-refractivity contribution in [2.45, 2.75) is 13.0 Å². The molecule has 130 valence electrons. The first-order chi connectivity index (χ1) is 11.8. The lowest BCUT2D eigenvalue weighted by atomic mass is 10.1. The third kappa shape index (κ3) is 3.89. The van der Waals surface area contributed by atoms with Crippen molar-refractivity contribution < 1.29 is 4.79 Å². The van der Waals surface area contributed by atoms with Gasteiger partial charge in [-0.3, -0.25) is 4.79 Å². The molecule has 1 aliphatic heterocycles. The number of carbonyl (C=O) groups is 1. The van der Waals surface area contributed by atoms with Gasteiger partial charge in [0.25, 0.3) is 5.91 Å². The lowest BCUT2D eigenvalue weighted by Crippen LogP contribution is -2.18. The minimum atomic E-state index is -0.182. The third-order valence-corrected chi connectivity index (χ3v) is 4.58. The number of carbonyl (C=O) groups excluding carboxylic acids is 1. The first kappa shape index (κ1) is 17.6. The molecule has 0 unspecified atom stereocenters. The van der Waals surface area contributed by atoms with E-state index in [1.54, 1.807) is 16.8 Å². The Hall–Kier alpha value is -2.22. The maximum Gasteiger partial charge on any atom is 0.275 e. The van der Waals surface area contributed by atoms with Crippen LogP contribution in [0.3, 0.4) is 0 Å². The fourth-order valence-corrected chi connectivity index (χ4v) is 3.35. The lowest BCUT2D eigenvalue weighted by molar-refractivity contribution is 0.102. The van der Waals surface area contributed by atoms with Crippen molar-refractivity contribution >= 4 is 35.3 Å². The Morgan fingerprint density at radius 3 is 3.08 bits per heavy atom. The van der Waals surface area contributed by atoms with Crippen LogP contribution >= 0.6 is 23.7 Å². The van der Waals surface area contributed by atoms with E-state index < -0.39 is 0 Å². The van der Waals surface area contributed by atoms with Gasteiger partial charge in [-0.05, 0) is 12.1 Å². The SMILES string of the molecule is Cl.O=C(Nc1cccc(-c2cscn2)c1)c1cn2c(n1)CCNCC2. The van der Waals surface area contributed by atoms with Gasteiger partial charge in [-0.25, -0.2) is 9.97 Å². The second kappa shape index (κ2) is 7.77. The van der Waals surface area contributed by atoms with Crippen molar-refractivity contribution in [1.82, 2.24) is 19.9 Å². The van der Waals surface area contributed by atoms with Crippen LogP contribution in [0.5, 0.6) is 0 Å². The summed E-state index contributed by atoms with van der Waals surface area (Å²) < 4.78 is 2.06. The Balaban J connectivity index is 0.00000182. The quantitative estimate of drug-likeness (QED) is 0.738. The Morgan fingerprint density at radius 1 is 1.32 bits per heavy atom. The molecular weight excluding hydrogens is 358 g/mol. The number of nitrogens with zero attached hydrogens (tertiary/aromatic N) is 3. The minimum absolute atomic E-state index is 0. The molecule has 6 nitrogen and oxygen atoms in total. The van der Waals surface area contributed by atoms with Crippen LogP contribution in [0.2, 0.25) is 0 Å². The zero-order valence-corrected chi connectivity index (χ0v) is 15.1. The van der Waals surface area contributed by atoms with Crippen molar-refractivity contribution in [2.75, 3.05) is 18.4 Å². The number of amides is 1. The minimum Gasteiger partial charge on any atom is -0.333 e. The van der Waals surface area contributed by atoms with Crippen molar-refractivity contribution in [2.24, 2.45) is 0 Å². The molecule has 0 aliphatic carbocycles. The molecule has 0 saturated heterocycles. The van der Waals surface area contributed by atoms with Crippen molar-refractivity contribution in [3.63, 3.8) is 0 Å². The van der Waals surface area contributed by atoms with Gasteiger partial charge in [-0.1, -0.05) is 12.1 Å². The molecule has 4 rings (SSSR count). The van der Waals surface area contributed by atoms with Crippen LogP contribution in [0.1, 0.15) is 16.3 Å². The molecule has 2 N–H and O–H groups in total. The molecule has 3 aromatic rings. The first-order valence-corrected chi connectivity index (χ1v) is 8.80. The molecule has 2 aromatic heterocycles. The van der Waals surface area contributed by atoms with Gasteiger partial charge in [0, 0.05) is 48.9 Å². The van der Waals surface area contributed by atoms with E-state index in [0.29, 0.717) is 5.69 Å². The van der Waals surface area contributed by atoms with E-state index in [-0.39, 0.29) is 18.3 Å². The van der Waals surface area contributed by atoms with E-state index in [1.807, 2.05) is 35.8 Å². The summed E-state index contributed by atoms with van der Waals surface area (Å²) >= 11 is 1.55. The molecule has 0 bridgehead atoms. The average Bonchev–Trinajstić information content (AvgIpc) is 3.22. The highest BCUT2D eigenvalue weighted by Gasteiger charge is 2.16. The van der Waals surface area contributed by atoms with Crippen LogP contribution in [-0.4, -0.2) is 33.5 Å². The van der Waals surface area contributed by atoms with E-state index in [0.717, 1.165) is 48.8 Å². The molecule has 0 spiro atoms. The van der Waals surface area contributed by atoms with Crippen LogP contribution in [-0.2, 0) is 13.0 Å². The highest BCUT2D eigenvalue weighted by molar-refractivity contribution is 7.07. The van der Waals surface area contributed by atoms with Crippen LogP contribution in [0, 0.1) is 0 Å². The Bertz CT molecular complexity index is 838. The third-order valence-electron chi connectivity index (χ3n) is 4.00. The topological polar surface area (TPSA) is 71.8 Å². The van der Waals surface area contributed by atoms with E-state index in [1.165, 1.54) is 0 Å². The summed E-state index contributed by atoms with van der Waals surface area (Å²) in [6.45, 7) is 2.64. The zero-order chi connectivity index (χ0) is 16.4. The molecule has 1 aliphatic rings. The average molecular weight is 376 g/mol. The summed E-state index contributed by atoms with van der Waals surface area (Å²) in [5.41, 5.74) is 4.91.